The Kier molecular flexibility index (Phi) is 5.53. The van der Waals surface area contributed by atoms with E-state index in [1.807, 2.05) is 6.92 Å². The highest BCUT2D eigenvalue weighted by Crippen LogP contribution is 2.48. The molecule has 2 aliphatic heterocycles. The zero-order valence-corrected chi connectivity index (χ0v) is 19.6. The van der Waals surface area contributed by atoms with Crippen molar-refractivity contribution in [3.63, 3.8) is 0 Å². The Morgan fingerprint density at radius 1 is 1.28 bits per heavy atom. The second-order valence-corrected chi connectivity index (χ2v) is 12.2. The Morgan fingerprint density at radius 3 is 2.72 bits per heavy atom. The van der Waals surface area contributed by atoms with Gasteiger partial charge >= 0.3 is 0 Å². The highest BCUT2D eigenvalue weighted by molar-refractivity contribution is 7.71. The van der Waals surface area contributed by atoms with Crippen LogP contribution >= 0.6 is 7.14 Å². The molecule has 0 bridgehead atoms. The fourth-order valence-corrected chi connectivity index (χ4v) is 7.54. The summed E-state index contributed by atoms with van der Waals surface area (Å²) in [7, 11) is -2.31. The van der Waals surface area contributed by atoms with Crippen molar-refractivity contribution in [2.45, 2.75) is 38.9 Å². The molecule has 32 heavy (non-hydrogen) atoms. The molecule has 2 fully saturated rings. The number of nitrogens with zero attached hydrogens (tertiary/aromatic N) is 2. The Balaban J connectivity index is 1.32. The fourth-order valence-electron chi connectivity index (χ4n) is 4.87. The zero-order chi connectivity index (χ0) is 22.3. The van der Waals surface area contributed by atoms with Crippen LogP contribution in [0.15, 0.2) is 30.5 Å². The summed E-state index contributed by atoms with van der Waals surface area (Å²) in [6.45, 7) is 6.82. The lowest BCUT2D eigenvalue weighted by Crippen LogP contribution is -2.38. The predicted molar refractivity (Wildman–Crippen MR) is 131 cm³/mol. The maximum Gasteiger partial charge on any atom is 0.119 e. The van der Waals surface area contributed by atoms with E-state index in [0.717, 1.165) is 71.6 Å². The molecular formula is C24H31N6OP. The van der Waals surface area contributed by atoms with E-state index < -0.39 is 7.14 Å². The van der Waals surface area contributed by atoms with Crippen molar-refractivity contribution in [3.8, 4) is 6.07 Å². The molecule has 8 heteroatoms. The molecule has 0 spiro atoms. The molecule has 2 aromatic rings. The minimum absolute atomic E-state index is 0.135. The SMILES string of the molecule is CCNC1=CC(Nc2ccc(P3(=O)CCN(C4CC4)CC3)cc2C)Nc2[nH]cc(C#N)c21. The van der Waals surface area contributed by atoms with Gasteiger partial charge in [-0.1, -0.05) is 0 Å². The lowest BCUT2D eigenvalue weighted by Gasteiger charge is -2.33. The van der Waals surface area contributed by atoms with E-state index in [1.54, 1.807) is 6.20 Å². The van der Waals surface area contributed by atoms with Crippen molar-refractivity contribution in [2.24, 2.45) is 0 Å². The van der Waals surface area contributed by atoms with Gasteiger partial charge in [-0.05, 0) is 56.5 Å². The van der Waals surface area contributed by atoms with Crippen molar-refractivity contribution in [1.29, 1.82) is 5.26 Å². The number of benzene rings is 1. The second-order valence-electron chi connectivity index (χ2n) is 9.04. The maximum absolute atomic E-state index is 13.7. The first-order chi connectivity index (χ1) is 15.5. The Hall–Kier alpha value is -2.68. The van der Waals surface area contributed by atoms with Crippen LogP contribution in [0.2, 0.25) is 0 Å². The standard InChI is InChI=1S/C24H31N6OP/c1-3-26-21-13-22(29-24-23(21)17(14-25)15-27-24)28-20-7-6-19(12-16(20)2)32(31)10-8-30(9-11-32)18-4-5-18/h6-7,12-13,15,18,22,26-29H,3-5,8-11H2,1-2H3. The van der Waals surface area contributed by atoms with Gasteiger partial charge in [-0.2, -0.15) is 5.26 Å². The number of hydrogen-bond donors (Lipinski definition) is 4. The molecule has 0 radical (unpaired) electrons. The number of anilines is 2. The van der Waals surface area contributed by atoms with E-state index in [0.29, 0.717) is 5.56 Å². The molecule has 4 N–H and O–H groups in total. The smallest absolute Gasteiger partial charge is 0.119 e. The fraction of sp³-hybridized carbons (Fsp3) is 0.458. The molecule has 7 nitrogen and oxygen atoms in total. The summed E-state index contributed by atoms with van der Waals surface area (Å²) in [5.41, 5.74) is 4.55. The lowest BCUT2D eigenvalue weighted by molar-refractivity contribution is 0.285. The first kappa shape index (κ1) is 21.2. The van der Waals surface area contributed by atoms with Crippen LogP contribution < -0.4 is 21.3 Å². The highest BCUT2D eigenvalue weighted by Gasteiger charge is 2.37. The largest absolute Gasteiger partial charge is 0.385 e. The molecule has 1 saturated carbocycles. The molecule has 3 heterocycles. The van der Waals surface area contributed by atoms with Gasteiger partial charge in [0.05, 0.1) is 11.1 Å². The monoisotopic (exact) mass is 450 g/mol. The number of aromatic nitrogens is 1. The Bertz CT molecular complexity index is 1130. The molecule has 168 valence electrons. The van der Waals surface area contributed by atoms with Crippen LogP contribution in [0.25, 0.3) is 5.70 Å². The minimum atomic E-state index is -2.31. The van der Waals surface area contributed by atoms with Crippen molar-refractivity contribution < 1.29 is 4.57 Å². The average molecular weight is 451 g/mol. The summed E-state index contributed by atoms with van der Waals surface area (Å²) < 4.78 is 13.7. The van der Waals surface area contributed by atoms with Crippen molar-refractivity contribution in [2.75, 3.05) is 42.6 Å². The molecule has 1 aromatic carbocycles. The summed E-state index contributed by atoms with van der Waals surface area (Å²) >= 11 is 0. The summed E-state index contributed by atoms with van der Waals surface area (Å²) in [4.78, 5) is 5.70. The summed E-state index contributed by atoms with van der Waals surface area (Å²) in [5.74, 6) is 0.832. The third kappa shape index (κ3) is 3.94. The van der Waals surface area contributed by atoms with Gasteiger partial charge in [0.15, 0.2) is 0 Å². The van der Waals surface area contributed by atoms with Crippen LogP contribution in [0.3, 0.4) is 0 Å². The first-order valence-electron chi connectivity index (χ1n) is 11.5. The Labute approximate surface area is 189 Å². The molecule has 5 rings (SSSR count). The molecule has 1 unspecified atom stereocenters. The van der Waals surface area contributed by atoms with Gasteiger partial charge in [-0.3, -0.25) is 4.90 Å². The minimum Gasteiger partial charge on any atom is -0.385 e. The van der Waals surface area contributed by atoms with Crippen LogP contribution in [0, 0.1) is 18.3 Å². The first-order valence-corrected chi connectivity index (χ1v) is 13.6. The number of nitrogens with one attached hydrogen (secondary N) is 4. The third-order valence-corrected chi connectivity index (χ3v) is 9.89. The normalized spacial score (nSPS) is 22.3. The lowest BCUT2D eigenvalue weighted by atomic mass is 10.1. The molecule has 1 aliphatic carbocycles. The second kappa shape index (κ2) is 8.35. The molecule has 0 amide bonds. The van der Waals surface area contributed by atoms with Crippen LogP contribution in [0.1, 0.15) is 36.5 Å². The number of rotatable bonds is 6. The molecule has 1 aromatic heterocycles. The maximum atomic E-state index is 13.7. The molecule has 1 saturated heterocycles. The number of aromatic amines is 1. The summed E-state index contributed by atoms with van der Waals surface area (Å²) in [6.07, 6.45) is 7.89. The van der Waals surface area contributed by atoms with Gasteiger partial charge in [-0.25, -0.2) is 0 Å². The van der Waals surface area contributed by atoms with E-state index in [4.69, 9.17) is 0 Å². The van der Waals surface area contributed by atoms with Crippen LogP contribution in [0.5, 0.6) is 0 Å². The van der Waals surface area contributed by atoms with Crippen LogP contribution in [-0.4, -0.2) is 54.0 Å². The quantitative estimate of drug-likeness (QED) is 0.504. The highest BCUT2D eigenvalue weighted by atomic mass is 31.2. The number of nitriles is 1. The van der Waals surface area contributed by atoms with E-state index in [1.165, 1.54) is 12.8 Å². The number of hydrogen-bond acceptors (Lipinski definition) is 6. The van der Waals surface area contributed by atoms with Crippen molar-refractivity contribution in [3.05, 3.63) is 47.2 Å². The van der Waals surface area contributed by atoms with Crippen LogP contribution in [0.4, 0.5) is 11.5 Å². The number of aryl methyl sites for hydroxylation is 1. The third-order valence-electron chi connectivity index (χ3n) is 6.82. The van der Waals surface area contributed by atoms with Gasteiger partial charge in [0.25, 0.3) is 0 Å². The van der Waals surface area contributed by atoms with Gasteiger partial charge in [-0.15, -0.1) is 0 Å². The predicted octanol–water partition coefficient (Wildman–Crippen LogP) is 3.48. The van der Waals surface area contributed by atoms with Gasteiger partial charge < -0.3 is 25.5 Å². The van der Waals surface area contributed by atoms with Gasteiger partial charge in [0.1, 0.15) is 25.2 Å². The Morgan fingerprint density at radius 2 is 2.06 bits per heavy atom. The average Bonchev–Trinajstić information content (AvgIpc) is 3.55. The number of H-pyrrole nitrogens is 1. The van der Waals surface area contributed by atoms with Crippen molar-refractivity contribution >= 4 is 29.6 Å². The van der Waals surface area contributed by atoms with E-state index in [2.05, 4.69) is 63.1 Å². The van der Waals surface area contributed by atoms with E-state index >= 15 is 0 Å². The van der Waals surface area contributed by atoms with E-state index in [9.17, 15) is 9.83 Å². The number of fused-ring (bicyclic) bond motifs is 1. The van der Waals surface area contributed by atoms with Gasteiger partial charge in [0, 0.05) is 60.9 Å². The van der Waals surface area contributed by atoms with Crippen molar-refractivity contribution in [1.82, 2.24) is 15.2 Å². The summed E-state index contributed by atoms with van der Waals surface area (Å²) in [6, 6.07) is 9.23. The van der Waals surface area contributed by atoms with Gasteiger partial charge in [0.2, 0.25) is 0 Å². The molecular weight excluding hydrogens is 419 g/mol. The van der Waals surface area contributed by atoms with Crippen LogP contribution in [-0.2, 0) is 4.57 Å². The molecule has 1 atom stereocenters. The topological polar surface area (TPSA) is 96.0 Å². The van der Waals surface area contributed by atoms with E-state index in [-0.39, 0.29) is 6.17 Å². The molecule has 3 aliphatic rings. The summed E-state index contributed by atoms with van der Waals surface area (Å²) in [5, 5.41) is 20.8. The zero-order valence-electron chi connectivity index (χ0n) is 18.7.